The molecule has 1 aromatic rings. The van der Waals surface area contributed by atoms with E-state index in [1.54, 1.807) is 31.3 Å². The average Bonchev–Trinajstić information content (AvgIpc) is 2.34. The van der Waals surface area contributed by atoms with E-state index < -0.39 is 0 Å². The SMILES string of the molecule is CN(C(=O)COC(C)(C)C)c1cccc(C#N)c1. The maximum Gasteiger partial charge on any atom is 0.252 e. The Hall–Kier alpha value is -1.86. The van der Waals surface area contributed by atoms with E-state index in [2.05, 4.69) is 0 Å². The first kappa shape index (κ1) is 14.2. The maximum atomic E-state index is 11.9. The number of carbonyl (C=O) groups excluding carboxylic acids is 1. The standard InChI is InChI=1S/C14H18N2O2/c1-14(2,3)18-10-13(17)16(4)12-7-5-6-11(8-12)9-15/h5-8H,10H2,1-4H3. The molecule has 1 aromatic carbocycles. The number of amides is 1. The van der Waals surface area contributed by atoms with Crippen LogP contribution in [0.1, 0.15) is 26.3 Å². The van der Waals surface area contributed by atoms with Gasteiger partial charge in [0.05, 0.1) is 17.2 Å². The molecule has 0 fully saturated rings. The van der Waals surface area contributed by atoms with Gasteiger partial charge in [-0.2, -0.15) is 5.26 Å². The average molecular weight is 246 g/mol. The van der Waals surface area contributed by atoms with Crippen molar-refractivity contribution in [2.45, 2.75) is 26.4 Å². The summed E-state index contributed by atoms with van der Waals surface area (Å²) < 4.78 is 5.43. The Morgan fingerprint density at radius 1 is 1.44 bits per heavy atom. The number of rotatable bonds is 3. The Morgan fingerprint density at radius 2 is 2.11 bits per heavy atom. The van der Waals surface area contributed by atoms with Gasteiger partial charge >= 0.3 is 0 Å². The highest BCUT2D eigenvalue weighted by Crippen LogP contribution is 2.15. The minimum atomic E-state index is -0.342. The van der Waals surface area contributed by atoms with Crippen molar-refractivity contribution in [2.24, 2.45) is 0 Å². The summed E-state index contributed by atoms with van der Waals surface area (Å²) in [4.78, 5) is 13.4. The molecule has 0 radical (unpaired) electrons. The van der Waals surface area contributed by atoms with E-state index in [4.69, 9.17) is 10.00 Å². The van der Waals surface area contributed by atoms with Crippen LogP contribution in [0.25, 0.3) is 0 Å². The molecular formula is C14H18N2O2. The molecule has 0 atom stereocenters. The molecule has 0 aliphatic heterocycles. The number of nitrogens with zero attached hydrogens (tertiary/aromatic N) is 2. The molecule has 0 heterocycles. The predicted octanol–water partition coefficient (Wildman–Crippen LogP) is 2.34. The van der Waals surface area contributed by atoms with Crippen LogP contribution in [0.2, 0.25) is 0 Å². The van der Waals surface area contributed by atoms with Gasteiger partial charge in [0.1, 0.15) is 6.61 Å². The van der Waals surface area contributed by atoms with Crippen LogP contribution < -0.4 is 4.90 Å². The summed E-state index contributed by atoms with van der Waals surface area (Å²) in [5, 5.41) is 8.81. The number of anilines is 1. The van der Waals surface area contributed by atoms with Gasteiger partial charge in [-0.25, -0.2) is 0 Å². The second kappa shape index (κ2) is 5.65. The Bertz CT molecular complexity index is 469. The zero-order chi connectivity index (χ0) is 13.8. The van der Waals surface area contributed by atoms with E-state index in [1.807, 2.05) is 26.8 Å². The molecule has 4 heteroatoms. The van der Waals surface area contributed by atoms with Crippen LogP contribution in [0.5, 0.6) is 0 Å². The number of benzene rings is 1. The van der Waals surface area contributed by atoms with Gasteiger partial charge in [-0.05, 0) is 39.0 Å². The number of nitriles is 1. The first-order valence-corrected chi connectivity index (χ1v) is 5.74. The molecule has 0 aliphatic carbocycles. The number of carbonyl (C=O) groups is 1. The van der Waals surface area contributed by atoms with Gasteiger partial charge < -0.3 is 9.64 Å². The van der Waals surface area contributed by atoms with Crippen LogP contribution >= 0.6 is 0 Å². The summed E-state index contributed by atoms with van der Waals surface area (Å²) in [5.41, 5.74) is 0.880. The quantitative estimate of drug-likeness (QED) is 0.822. The Labute approximate surface area is 108 Å². The van der Waals surface area contributed by atoms with Crippen LogP contribution in [-0.2, 0) is 9.53 Å². The number of hydrogen-bond acceptors (Lipinski definition) is 3. The highest BCUT2D eigenvalue weighted by molar-refractivity contribution is 5.93. The fraction of sp³-hybridized carbons (Fsp3) is 0.429. The summed E-state index contributed by atoms with van der Waals surface area (Å²) >= 11 is 0. The monoisotopic (exact) mass is 246 g/mol. The molecular weight excluding hydrogens is 228 g/mol. The molecule has 18 heavy (non-hydrogen) atoms. The van der Waals surface area contributed by atoms with Crippen molar-refractivity contribution >= 4 is 11.6 Å². The molecule has 1 amide bonds. The van der Waals surface area contributed by atoms with Crippen molar-refractivity contribution in [3.63, 3.8) is 0 Å². The van der Waals surface area contributed by atoms with Gasteiger partial charge in [0, 0.05) is 12.7 Å². The van der Waals surface area contributed by atoms with Gasteiger partial charge in [-0.1, -0.05) is 6.07 Å². The fourth-order valence-electron chi connectivity index (χ4n) is 1.30. The first-order chi connectivity index (χ1) is 8.33. The number of likely N-dealkylation sites (N-methyl/N-ethyl adjacent to an activating group) is 1. The van der Waals surface area contributed by atoms with E-state index in [0.29, 0.717) is 11.3 Å². The normalized spacial score (nSPS) is 10.8. The van der Waals surface area contributed by atoms with Crippen molar-refractivity contribution in [1.82, 2.24) is 0 Å². The lowest BCUT2D eigenvalue weighted by Crippen LogP contribution is -2.33. The lowest BCUT2D eigenvalue weighted by Gasteiger charge is -2.22. The zero-order valence-corrected chi connectivity index (χ0v) is 11.2. The summed E-state index contributed by atoms with van der Waals surface area (Å²) in [5.74, 6) is -0.139. The predicted molar refractivity (Wildman–Crippen MR) is 70.3 cm³/mol. The van der Waals surface area contributed by atoms with E-state index in [9.17, 15) is 4.79 Å². The largest absolute Gasteiger partial charge is 0.366 e. The van der Waals surface area contributed by atoms with Crippen molar-refractivity contribution < 1.29 is 9.53 Å². The van der Waals surface area contributed by atoms with Gasteiger partial charge in [-0.15, -0.1) is 0 Å². The topological polar surface area (TPSA) is 53.3 Å². The molecule has 96 valence electrons. The van der Waals surface area contributed by atoms with E-state index in [0.717, 1.165) is 0 Å². The number of hydrogen-bond donors (Lipinski definition) is 0. The lowest BCUT2D eigenvalue weighted by atomic mass is 10.2. The van der Waals surface area contributed by atoms with Crippen LogP contribution in [0.15, 0.2) is 24.3 Å². The summed E-state index contributed by atoms with van der Waals surface area (Å²) in [6.07, 6.45) is 0. The van der Waals surface area contributed by atoms with E-state index >= 15 is 0 Å². The molecule has 0 N–H and O–H groups in total. The first-order valence-electron chi connectivity index (χ1n) is 5.74. The van der Waals surface area contributed by atoms with E-state index in [1.165, 1.54) is 4.90 Å². The minimum absolute atomic E-state index is 0.0246. The van der Waals surface area contributed by atoms with Crippen LogP contribution in [0, 0.1) is 11.3 Å². The Kier molecular flexibility index (Phi) is 4.46. The molecule has 0 bridgehead atoms. The molecule has 0 saturated carbocycles. The van der Waals surface area contributed by atoms with Crippen LogP contribution in [0.3, 0.4) is 0 Å². The van der Waals surface area contributed by atoms with Crippen molar-refractivity contribution in [3.8, 4) is 6.07 Å². The molecule has 0 aliphatic rings. The summed E-state index contributed by atoms with van der Waals surface area (Å²) in [7, 11) is 1.67. The summed E-state index contributed by atoms with van der Waals surface area (Å²) in [6, 6.07) is 8.97. The molecule has 0 aromatic heterocycles. The second-order valence-corrected chi connectivity index (χ2v) is 5.02. The van der Waals surface area contributed by atoms with Crippen molar-refractivity contribution in [2.75, 3.05) is 18.6 Å². The zero-order valence-electron chi connectivity index (χ0n) is 11.2. The third-order valence-corrected chi connectivity index (χ3v) is 2.37. The molecule has 0 saturated heterocycles. The van der Waals surface area contributed by atoms with Crippen LogP contribution in [-0.4, -0.2) is 25.2 Å². The number of ether oxygens (including phenoxy) is 1. The fourth-order valence-corrected chi connectivity index (χ4v) is 1.30. The molecule has 1 rings (SSSR count). The highest BCUT2D eigenvalue weighted by Gasteiger charge is 2.16. The van der Waals surface area contributed by atoms with Crippen LogP contribution in [0.4, 0.5) is 5.69 Å². The molecule has 0 unspecified atom stereocenters. The molecule has 4 nitrogen and oxygen atoms in total. The Balaban J connectivity index is 2.72. The minimum Gasteiger partial charge on any atom is -0.366 e. The summed E-state index contributed by atoms with van der Waals surface area (Å²) in [6.45, 7) is 5.72. The van der Waals surface area contributed by atoms with Gasteiger partial charge in [0.15, 0.2) is 0 Å². The van der Waals surface area contributed by atoms with Gasteiger partial charge in [-0.3, -0.25) is 4.79 Å². The third kappa shape index (κ3) is 4.19. The van der Waals surface area contributed by atoms with Gasteiger partial charge in [0.25, 0.3) is 5.91 Å². The van der Waals surface area contributed by atoms with Crippen molar-refractivity contribution in [3.05, 3.63) is 29.8 Å². The van der Waals surface area contributed by atoms with Crippen molar-refractivity contribution in [1.29, 1.82) is 5.26 Å². The van der Waals surface area contributed by atoms with Gasteiger partial charge in [0.2, 0.25) is 0 Å². The smallest absolute Gasteiger partial charge is 0.252 e. The Morgan fingerprint density at radius 3 is 2.67 bits per heavy atom. The molecule has 0 spiro atoms. The lowest BCUT2D eigenvalue weighted by molar-refractivity contribution is -0.127. The maximum absolute atomic E-state index is 11.9. The third-order valence-electron chi connectivity index (χ3n) is 2.37. The highest BCUT2D eigenvalue weighted by atomic mass is 16.5. The van der Waals surface area contributed by atoms with E-state index in [-0.39, 0.29) is 18.1 Å². The second-order valence-electron chi connectivity index (χ2n) is 5.02.